The number of carbonyl (C=O) groups is 7. The predicted octanol–water partition coefficient (Wildman–Crippen LogP) is 12.8. The van der Waals surface area contributed by atoms with E-state index in [1.54, 1.807) is 93.3 Å². The van der Waals surface area contributed by atoms with Crippen molar-refractivity contribution in [2.24, 2.45) is 11.5 Å². The Morgan fingerprint density at radius 2 is 0.748 bits per heavy atom. The van der Waals surface area contributed by atoms with Gasteiger partial charge in [-0.05, 0) is 155 Å². The summed E-state index contributed by atoms with van der Waals surface area (Å²) in [6.45, 7) is 11.6. The molecule has 26 heteroatoms. The Hall–Kier alpha value is -12.2. The van der Waals surface area contributed by atoms with Gasteiger partial charge in [-0.15, -0.1) is 0 Å². The van der Waals surface area contributed by atoms with Gasteiger partial charge in [-0.1, -0.05) is 122 Å². The zero-order valence-corrected chi connectivity index (χ0v) is 62.1. The molecule has 0 fully saturated rings. The van der Waals surface area contributed by atoms with Gasteiger partial charge in [0, 0.05) is 83.4 Å². The molecule has 0 spiro atoms. The Balaban J connectivity index is 0.000000221. The summed E-state index contributed by atoms with van der Waals surface area (Å²) in [6.07, 6.45) is 0.247. The van der Waals surface area contributed by atoms with Crippen LogP contribution in [0, 0.1) is 0 Å². The van der Waals surface area contributed by atoms with Crippen LogP contribution in [0.2, 0.25) is 0 Å². The Bertz CT molecular complexity index is 4960. The Kier molecular flexibility index (Phi) is 32.0. The molecule has 12 rings (SSSR count). The minimum absolute atomic E-state index is 0. The number of hydrogen-bond acceptors (Lipinski definition) is 18. The number of para-hydroxylation sites is 3. The number of carboxylic acids is 1. The summed E-state index contributed by atoms with van der Waals surface area (Å²) < 4.78 is 77.3. The Morgan fingerprint density at radius 3 is 1.05 bits per heavy atom. The van der Waals surface area contributed by atoms with Crippen molar-refractivity contribution in [3.05, 3.63) is 269 Å². The van der Waals surface area contributed by atoms with Crippen LogP contribution < -0.4 is 60.5 Å². The number of hydrogen-bond donors (Lipinski definition) is 6. The van der Waals surface area contributed by atoms with E-state index in [0.717, 1.165) is 101 Å². The summed E-state index contributed by atoms with van der Waals surface area (Å²) in [5.74, 6) is -1.97. The van der Waals surface area contributed by atoms with Crippen molar-refractivity contribution in [2.45, 2.75) is 105 Å². The topological polar surface area (TPSA) is 343 Å². The van der Waals surface area contributed by atoms with Gasteiger partial charge in [0.05, 0.1) is 32.0 Å². The van der Waals surface area contributed by atoms with E-state index in [-0.39, 0.29) is 69.2 Å². The van der Waals surface area contributed by atoms with E-state index in [1.165, 1.54) is 26.3 Å². The van der Waals surface area contributed by atoms with Crippen molar-refractivity contribution in [1.82, 2.24) is 16.0 Å². The van der Waals surface area contributed by atoms with Crippen molar-refractivity contribution in [3.8, 4) is 50.6 Å². The largest absolute Gasteiger partial charge is 1.00 e. The summed E-state index contributed by atoms with van der Waals surface area (Å²) in [7, 11) is 0. The van der Waals surface area contributed by atoms with Gasteiger partial charge in [0.25, 0.3) is 0 Å². The third-order valence-corrected chi connectivity index (χ3v) is 16.8. The van der Waals surface area contributed by atoms with Crippen LogP contribution in [0.3, 0.4) is 0 Å². The first-order valence-electron chi connectivity index (χ1n) is 34.8. The number of halogens is 3. The maximum Gasteiger partial charge on any atom is 1.00 e. The molecule has 12 aromatic rings. The molecule has 3 heterocycles. The number of aliphatic carboxylic acids is 1. The van der Waals surface area contributed by atoms with E-state index in [9.17, 15) is 47.0 Å². The molecule has 22 nitrogen and oxygen atoms in total. The summed E-state index contributed by atoms with van der Waals surface area (Å²) in [6, 6.07) is 60.2. The van der Waals surface area contributed by atoms with Gasteiger partial charge < -0.3 is 74.9 Å². The summed E-state index contributed by atoms with van der Waals surface area (Å²) in [5, 5.41) is 20.3. The smallest absolute Gasteiger partial charge is 0.870 e. The van der Waals surface area contributed by atoms with Crippen LogP contribution in [0.15, 0.2) is 232 Å². The molecule has 9 N–H and O–H groups in total. The van der Waals surface area contributed by atoms with Crippen LogP contribution in [-0.4, -0.2) is 71.9 Å². The van der Waals surface area contributed by atoms with Gasteiger partial charge in [-0.25, -0.2) is 14.4 Å². The molecule has 0 aliphatic rings. The van der Waals surface area contributed by atoms with E-state index in [1.807, 2.05) is 103 Å². The fourth-order valence-electron chi connectivity index (χ4n) is 11.9. The van der Waals surface area contributed by atoms with Crippen LogP contribution in [-0.2, 0) is 82.4 Å². The van der Waals surface area contributed by atoms with Gasteiger partial charge in [0.1, 0.15) is 53.8 Å². The quantitative estimate of drug-likeness (QED) is 0.0167. The van der Waals surface area contributed by atoms with Crippen molar-refractivity contribution in [2.75, 3.05) is 13.2 Å². The fraction of sp³-hybridized carbons (Fsp3) is 0.212. The standard InChI is InChI=1S/C29H29NO5.C28H28N2O5.C26H24N2O5.C2HF3O.Li.H2O/c1-4-20-9-8-10-22(15-20)25-17-21(16-23-13-14-34-28(23)25)18-35-26-12-7-6-11-24(26)27(30-19(3)31)29(32)33-5-2;1-3-33-28(32)26(30-18(2)31)23-9-4-5-10-25(23)35-17-20-14-22-11-12-34-27(22)24(15-20)21-8-6-7-19(13-21)16-29;1-16(29)28-24(26(30)31)21-7-2-3-8-23(21)33-15-18-12-20-9-10-32-25(20)22(13-18)19-6-4-5-17(11-19)14-27;3-2(4,5)1-6;;/h6-17,27H,4-5,18H2,1-3H3,(H,30,31);4-15,26H,3,16-17,29H2,1-2H3,(H,30,31);2-13,24H,14-15,27H2,1H3,(H,28,29)(H,30,31);1H;;1H2/q;;;;+1;/p-1. The summed E-state index contributed by atoms with van der Waals surface area (Å²) in [5.41, 5.74) is 27.5. The zero-order valence-electron chi connectivity index (χ0n) is 62.1. The molecular formula is C85H83F3LiN5O17. The van der Waals surface area contributed by atoms with E-state index >= 15 is 0 Å². The molecule has 111 heavy (non-hydrogen) atoms. The number of nitrogens with two attached hydrogens (primary N) is 2. The van der Waals surface area contributed by atoms with E-state index in [0.29, 0.717) is 47.0 Å². The molecule has 0 radical (unpaired) electrons. The van der Waals surface area contributed by atoms with Crippen molar-refractivity contribution in [3.63, 3.8) is 0 Å². The maximum atomic E-state index is 12.6. The average molecular weight is 1510 g/mol. The number of aldehydes is 1. The zero-order chi connectivity index (χ0) is 78.2. The molecule has 3 aromatic heterocycles. The number of carbonyl (C=O) groups excluding carboxylic acids is 6. The van der Waals surface area contributed by atoms with Gasteiger partial charge in [0.15, 0.2) is 18.1 Å². The van der Waals surface area contributed by atoms with Gasteiger partial charge >= 0.3 is 42.9 Å². The number of amides is 3. The number of esters is 2. The minimum Gasteiger partial charge on any atom is -0.870 e. The van der Waals surface area contributed by atoms with Crippen molar-refractivity contribution >= 4 is 74.8 Å². The van der Waals surface area contributed by atoms with E-state index in [4.69, 9.17) is 53.2 Å². The molecule has 3 atom stereocenters. The molecule has 3 amide bonds. The second kappa shape index (κ2) is 41.4. The third kappa shape index (κ3) is 23.6. The molecule has 3 unspecified atom stereocenters. The number of alkyl halides is 3. The van der Waals surface area contributed by atoms with E-state index < -0.39 is 54.4 Å². The first kappa shape index (κ1) is 86.0. The number of carboxylic acid groups (broad SMARTS) is 1. The molecular weight excluding hydrogens is 1430 g/mol. The normalized spacial score (nSPS) is 11.5. The van der Waals surface area contributed by atoms with Crippen molar-refractivity contribution < 1.29 is 113 Å². The number of aryl methyl sites for hydroxylation is 1. The fourth-order valence-corrected chi connectivity index (χ4v) is 11.9. The third-order valence-electron chi connectivity index (χ3n) is 16.8. The molecule has 9 aromatic carbocycles. The van der Waals surface area contributed by atoms with Crippen LogP contribution in [0.25, 0.3) is 66.3 Å². The Labute approximate surface area is 650 Å². The SMILES string of the molecule is CC(=O)NC(C(=O)O)c1ccccc1OCc1cc(-c2cccc(CN)c2)c2occc2c1.CCOC(=O)C(NC(C)=O)c1ccccc1OCc1cc(-c2cccc(CC)c2)c2occc2c1.CCOC(=O)C(NC(C)=O)c1ccccc1OCc1cc(-c2cccc(CN)c2)c2occc2c1.O=CC(F)(F)F.[Li+].[OH-]. The van der Waals surface area contributed by atoms with E-state index in [2.05, 4.69) is 59.3 Å². The molecule has 0 aliphatic carbocycles. The second-order valence-corrected chi connectivity index (χ2v) is 24.7. The molecule has 572 valence electrons. The van der Waals surface area contributed by atoms with Gasteiger partial charge in [0.2, 0.25) is 24.0 Å². The molecule has 0 saturated heterocycles. The maximum absolute atomic E-state index is 12.6. The number of rotatable bonds is 26. The van der Waals surface area contributed by atoms with Crippen molar-refractivity contribution in [1.29, 1.82) is 0 Å². The van der Waals surface area contributed by atoms with Crippen LogP contribution >= 0.6 is 0 Å². The van der Waals surface area contributed by atoms with Crippen LogP contribution in [0.5, 0.6) is 17.2 Å². The molecule has 0 saturated carbocycles. The number of nitrogens with one attached hydrogen (secondary N) is 3. The minimum atomic E-state index is -4.64. The van der Waals surface area contributed by atoms with Gasteiger partial charge in [-0.2, -0.15) is 13.2 Å². The number of benzene rings is 9. The first-order valence-corrected chi connectivity index (χ1v) is 34.8. The summed E-state index contributed by atoms with van der Waals surface area (Å²) in [4.78, 5) is 80.6. The first-order chi connectivity index (χ1) is 52.5. The predicted molar refractivity (Wildman–Crippen MR) is 407 cm³/mol. The Morgan fingerprint density at radius 1 is 0.441 bits per heavy atom. The average Bonchev–Trinajstić information content (AvgIpc) is 1.71. The second-order valence-electron chi connectivity index (χ2n) is 24.7. The van der Waals surface area contributed by atoms with Gasteiger partial charge in [-0.3, -0.25) is 19.2 Å². The van der Waals surface area contributed by atoms with Crippen LogP contribution in [0.4, 0.5) is 13.2 Å². The molecule has 0 aliphatic heterocycles. The summed E-state index contributed by atoms with van der Waals surface area (Å²) >= 11 is 0. The number of fused-ring (bicyclic) bond motifs is 3. The monoisotopic (exact) mass is 1510 g/mol. The number of ether oxygens (including phenoxy) is 5. The number of furan rings is 3. The molecule has 0 bridgehead atoms. The van der Waals surface area contributed by atoms with Crippen LogP contribution in [0.1, 0.15) is 110 Å².